The Labute approximate surface area is 108 Å². The van der Waals surface area contributed by atoms with Crippen molar-refractivity contribution in [2.45, 2.75) is 12.8 Å². The molecular weight excluding hydrogens is 291 g/mol. The predicted molar refractivity (Wildman–Crippen MR) is 67.0 cm³/mol. The summed E-state index contributed by atoms with van der Waals surface area (Å²) in [6, 6.07) is 5.29. The molecule has 1 aromatic rings. The molecule has 2 rings (SSSR count). The third-order valence-electron chi connectivity index (χ3n) is 2.68. The van der Waals surface area contributed by atoms with Gasteiger partial charge >= 0.3 is 0 Å². The van der Waals surface area contributed by atoms with Crippen LogP contribution in [0, 0.1) is 5.92 Å². The molecule has 0 spiro atoms. The smallest absolute Gasteiger partial charge is 0.168 e. The molecule has 0 saturated carbocycles. The topological polar surface area (TPSA) is 26.3 Å². The maximum absolute atomic E-state index is 12.1. The minimum atomic E-state index is -0.0147. The van der Waals surface area contributed by atoms with Crippen molar-refractivity contribution in [3.8, 4) is 0 Å². The fourth-order valence-corrected chi connectivity index (χ4v) is 2.74. The van der Waals surface area contributed by atoms with Crippen LogP contribution in [0.4, 0.5) is 0 Å². The summed E-state index contributed by atoms with van der Waals surface area (Å²) in [7, 11) is 0. The number of rotatable bonds is 2. The van der Waals surface area contributed by atoms with Crippen LogP contribution in [-0.4, -0.2) is 19.0 Å². The molecule has 0 radical (unpaired) electrons. The minimum absolute atomic E-state index is 0.0147. The minimum Gasteiger partial charge on any atom is -0.381 e. The number of benzene rings is 1. The van der Waals surface area contributed by atoms with Crippen LogP contribution in [0.1, 0.15) is 23.2 Å². The third kappa shape index (κ3) is 2.84. The van der Waals surface area contributed by atoms with Crippen LogP contribution in [-0.2, 0) is 4.74 Å². The van der Waals surface area contributed by atoms with Crippen molar-refractivity contribution >= 4 is 33.3 Å². The number of halogens is 2. The van der Waals surface area contributed by atoms with Crippen molar-refractivity contribution in [1.29, 1.82) is 0 Å². The molecule has 1 heterocycles. The molecule has 1 unspecified atom stereocenters. The standard InChI is InChI=1S/C12H12BrClO2/c13-10-4-9(5-11(14)6-10)12(15)8-2-1-3-16-7-8/h4-6,8H,1-3,7H2. The van der Waals surface area contributed by atoms with Crippen molar-refractivity contribution in [2.24, 2.45) is 5.92 Å². The quantitative estimate of drug-likeness (QED) is 0.779. The van der Waals surface area contributed by atoms with Crippen LogP contribution in [0.3, 0.4) is 0 Å². The van der Waals surface area contributed by atoms with E-state index in [0.29, 0.717) is 17.2 Å². The van der Waals surface area contributed by atoms with Crippen LogP contribution in [0.5, 0.6) is 0 Å². The number of hydrogen-bond acceptors (Lipinski definition) is 2. The summed E-state index contributed by atoms with van der Waals surface area (Å²) in [6.07, 6.45) is 1.86. The molecule has 1 saturated heterocycles. The summed E-state index contributed by atoms with van der Waals surface area (Å²) in [5, 5.41) is 0.578. The second kappa shape index (κ2) is 5.30. The summed E-state index contributed by atoms with van der Waals surface area (Å²) < 4.78 is 6.15. The number of ether oxygens (including phenoxy) is 1. The molecule has 1 aliphatic heterocycles. The first-order valence-electron chi connectivity index (χ1n) is 5.25. The Morgan fingerprint density at radius 3 is 2.88 bits per heavy atom. The molecule has 0 N–H and O–H groups in total. The summed E-state index contributed by atoms with van der Waals surface area (Å²) in [6.45, 7) is 1.30. The zero-order valence-electron chi connectivity index (χ0n) is 8.71. The van der Waals surface area contributed by atoms with Gasteiger partial charge < -0.3 is 4.74 Å². The molecule has 0 aromatic heterocycles. The first-order chi connectivity index (χ1) is 7.66. The van der Waals surface area contributed by atoms with Gasteiger partial charge in [-0.3, -0.25) is 4.79 Å². The van der Waals surface area contributed by atoms with E-state index in [1.54, 1.807) is 12.1 Å². The van der Waals surface area contributed by atoms with Crippen LogP contribution in [0.2, 0.25) is 5.02 Å². The van der Waals surface area contributed by atoms with Crippen molar-refractivity contribution in [3.63, 3.8) is 0 Å². The fourth-order valence-electron chi connectivity index (χ4n) is 1.88. The molecular formula is C12H12BrClO2. The maximum Gasteiger partial charge on any atom is 0.168 e. The van der Waals surface area contributed by atoms with Gasteiger partial charge in [0.05, 0.1) is 6.61 Å². The van der Waals surface area contributed by atoms with Gasteiger partial charge in [0.2, 0.25) is 0 Å². The van der Waals surface area contributed by atoms with E-state index in [2.05, 4.69) is 15.9 Å². The van der Waals surface area contributed by atoms with Gasteiger partial charge in [-0.15, -0.1) is 0 Å². The normalized spacial score (nSPS) is 20.8. The third-order valence-corrected chi connectivity index (χ3v) is 3.35. The zero-order chi connectivity index (χ0) is 11.5. The lowest BCUT2D eigenvalue weighted by Gasteiger charge is -2.20. The Kier molecular flexibility index (Phi) is 4.00. The van der Waals surface area contributed by atoms with Crippen LogP contribution >= 0.6 is 27.5 Å². The fraction of sp³-hybridized carbons (Fsp3) is 0.417. The highest BCUT2D eigenvalue weighted by Crippen LogP contribution is 2.24. The van der Waals surface area contributed by atoms with Crippen LogP contribution in [0.25, 0.3) is 0 Å². The number of carbonyl (C=O) groups excluding carboxylic acids is 1. The van der Waals surface area contributed by atoms with Crippen LogP contribution in [0.15, 0.2) is 22.7 Å². The van der Waals surface area contributed by atoms with Crippen LogP contribution < -0.4 is 0 Å². The molecule has 2 nitrogen and oxygen atoms in total. The highest BCUT2D eigenvalue weighted by Gasteiger charge is 2.23. The van der Waals surface area contributed by atoms with Crippen molar-refractivity contribution in [2.75, 3.05) is 13.2 Å². The maximum atomic E-state index is 12.1. The highest BCUT2D eigenvalue weighted by atomic mass is 79.9. The van der Waals surface area contributed by atoms with E-state index < -0.39 is 0 Å². The Morgan fingerprint density at radius 1 is 1.44 bits per heavy atom. The van der Waals surface area contributed by atoms with Gasteiger partial charge in [0.1, 0.15) is 0 Å². The van der Waals surface area contributed by atoms with Crippen molar-refractivity contribution < 1.29 is 9.53 Å². The van der Waals surface area contributed by atoms with E-state index in [4.69, 9.17) is 16.3 Å². The number of Topliss-reactive ketones (excluding diaryl/α,β-unsaturated/α-hetero) is 1. The van der Waals surface area contributed by atoms with E-state index in [-0.39, 0.29) is 11.7 Å². The van der Waals surface area contributed by atoms with Gasteiger partial charge in [0.15, 0.2) is 5.78 Å². The molecule has 1 aliphatic rings. The molecule has 0 bridgehead atoms. The predicted octanol–water partition coefficient (Wildman–Crippen LogP) is 3.71. The lowest BCUT2D eigenvalue weighted by Crippen LogP contribution is -2.25. The molecule has 1 aromatic carbocycles. The average molecular weight is 304 g/mol. The van der Waals surface area contributed by atoms with E-state index in [1.807, 2.05) is 6.07 Å². The molecule has 4 heteroatoms. The number of ketones is 1. The van der Waals surface area contributed by atoms with Gasteiger partial charge in [0.25, 0.3) is 0 Å². The van der Waals surface area contributed by atoms with Gasteiger partial charge in [-0.05, 0) is 31.0 Å². The Hall–Kier alpha value is -0.380. The second-order valence-electron chi connectivity index (χ2n) is 3.94. The number of carbonyl (C=O) groups is 1. The Bertz CT molecular complexity index is 380. The van der Waals surface area contributed by atoms with Gasteiger partial charge in [0, 0.05) is 27.6 Å². The van der Waals surface area contributed by atoms with E-state index in [9.17, 15) is 4.79 Å². The van der Waals surface area contributed by atoms with E-state index >= 15 is 0 Å². The first-order valence-corrected chi connectivity index (χ1v) is 6.42. The number of hydrogen-bond donors (Lipinski definition) is 0. The second-order valence-corrected chi connectivity index (χ2v) is 5.29. The zero-order valence-corrected chi connectivity index (χ0v) is 11.1. The summed E-state index contributed by atoms with van der Waals surface area (Å²) in [4.78, 5) is 12.1. The van der Waals surface area contributed by atoms with Gasteiger partial charge in [-0.25, -0.2) is 0 Å². The largest absolute Gasteiger partial charge is 0.381 e. The van der Waals surface area contributed by atoms with E-state index in [1.165, 1.54) is 0 Å². The lowest BCUT2D eigenvalue weighted by atomic mass is 9.93. The molecule has 1 fully saturated rings. The average Bonchev–Trinajstić information content (AvgIpc) is 2.28. The molecule has 1 atom stereocenters. The van der Waals surface area contributed by atoms with E-state index in [0.717, 1.165) is 23.9 Å². The molecule has 0 amide bonds. The monoisotopic (exact) mass is 302 g/mol. The molecule has 86 valence electrons. The highest BCUT2D eigenvalue weighted by molar-refractivity contribution is 9.10. The first kappa shape index (κ1) is 12.1. The summed E-state index contributed by atoms with van der Waals surface area (Å²) in [5.41, 5.74) is 0.662. The SMILES string of the molecule is O=C(c1cc(Cl)cc(Br)c1)C1CCCOC1. The lowest BCUT2D eigenvalue weighted by molar-refractivity contribution is 0.0461. The molecule has 0 aliphatic carbocycles. The Balaban J connectivity index is 2.19. The van der Waals surface area contributed by atoms with Gasteiger partial charge in [-0.1, -0.05) is 27.5 Å². The van der Waals surface area contributed by atoms with Crippen molar-refractivity contribution in [3.05, 3.63) is 33.3 Å². The Morgan fingerprint density at radius 2 is 2.25 bits per heavy atom. The summed E-state index contributed by atoms with van der Waals surface area (Å²) in [5.74, 6) is 0.113. The summed E-state index contributed by atoms with van der Waals surface area (Å²) >= 11 is 9.26. The van der Waals surface area contributed by atoms with Gasteiger partial charge in [-0.2, -0.15) is 0 Å². The van der Waals surface area contributed by atoms with Crippen molar-refractivity contribution in [1.82, 2.24) is 0 Å². The molecule has 16 heavy (non-hydrogen) atoms.